The van der Waals surface area contributed by atoms with E-state index in [0.29, 0.717) is 5.56 Å². The zero-order valence-electron chi connectivity index (χ0n) is 17.9. The summed E-state index contributed by atoms with van der Waals surface area (Å²) < 4.78 is 0. The number of nitrogens with one attached hydrogen (secondary N) is 1. The predicted molar refractivity (Wildman–Crippen MR) is 121 cm³/mol. The van der Waals surface area contributed by atoms with E-state index in [4.69, 9.17) is 0 Å². The average Bonchev–Trinajstić information content (AvgIpc) is 3.04. The van der Waals surface area contributed by atoms with E-state index in [-0.39, 0.29) is 30.8 Å². The molecule has 4 rings (SSSR count). The lowest BCUT2D eigenvalue weighted by molar-refractivity contribution is -0.139. The monoisotopic (exact) mass is 415 g/mol. The van der Waals surface area contributed by atoms with Crippen LogP contribution in [0, 0.1) is 6.92 Å². The van der Waals surface area contributed by atoms with Gasteiger partial charge >= 0.3 is 0 Å². The minimum Gasteiger partial charge on any atom is -0.357 e. The van der Waals surface area contributed by atoms with Gasteiger partial charge in [-0.25, -0.2) is 0 Å². The van der Waals surface area contributed by atoms with Crippen LogP contribution in [0.2, 0.25) is 0 Å². The molecule has 0 aliphatic carbocycles. The Hall–Kier alpha value is -3.67. The summed E-state index contributed by atoms with van der Waals surface area (Å²) in [5.41, 5.74) is 3.34. The van der Waals surface area contributed by atoms with Crippen molar-refractivity contribution in [3.05, 3.63) is 77.4 Å². The Morgan fingerprint density at radius 1 is 1.06 bits per heavy atom. The van der Waals surface area contributed by atoms with E-state index in [1.54, 1.807) is 20.0 Å². The number of hydrogen-bond acceptors (Lipinski definition) is 3. The van der Waals surface area contributed by atoms with Crippen molar-refractivity contribution in [2.24, 2.45) is 0 Å². The maximum Gasteiger partial charge on any atom is 0.259 e. The third-order valence-electron chi connectivity index (χ3n) is 5.79. The van der Waals surface area contributed by atoms with Gasteiger partial charge in [-0.1, -0.05) is 54.1 Å². The Labute approximate surface area is 181 Å². The number of likely N-dealkylation sites (N-methyl/N-ethyl adjacent to an activating group) is 1. The van der Waals surface area contributed by atoms with Crippen LogP contribution in [0.25, 0.3) is 10.8 Å². The molecule has 0 radical (unpaired) electrons. The molecule has 3 aromatic rings. The Kier molecular flexibility index (Phi) is 5.46. The highest BCUT2D eigenvalue weighted by Crippen LogP contribution is 2.37. The molecule has 1 heterocycles. The first kappa shape index (κ1) is 20.6. The highest BCUT2D eigenvalue weighted by Gasteiger charge is 2.34. The zero-order chi connectivity index (χ0) is 22.1. The number of benzene rings is 3. The van der Waals surface area contributed by atoms with Crippen molar-refractivity contribution in [1.82, 2.24) is 10.2 Å². The fourth-order valence-electron chi connectivity index (χ4n) is 4.16. The summed E-state index contributed by atoms with van der Waals surface area (Å²) in [4.78, 5) is 41.9. The Bertz CT molecular complexity index is 1180. The van der Waals surface area contributed by atoms with Crippen molar-refractivity contribution in [2.75, 3.05) is 18.5 Å². The van der Waals surface area contributed by atoms with Gasteiger partial charge in [-0.3, -0.25) is 19.3 Å². The smallest absolute Gasteiger partial charge is 0.259 e. The minimum atomic E-state index is -0.672. The van der Waals surface area contributed by atoms with Crippen LogP contribution in [0.15, 0.2) is 60.7 Å². The molecular weight excluding hydrogens is 390 g/mol. The first-order chi connectivity index (χ1) is 14.9. The zero-order valence-corrected chi connectivity index (χ0v) is 17.9. The molecule has 0 fully saturated rings. The van der Waals surface area contributed by atoms with Crippen LogP contribution in [0.5, 0.6) is 0 Å². The minimum absolute atomic E-state index is 0.125. The Balaban J connectivity index is 1.64. The molecule has 1 aliphatic rings. The van der Waals surface area contributed by atoms with E-state index in [9.17, 15) is 14.4 Å². The quantitative estimate of drug-likeness (QED) is 0.672. The van der Waals surface area contributed by atoms with Crippen molar-refractivity contribution >= 4 is 34.2 Å². The molecule has 6 nitrogen and oxygen atoms in total. The first-order valence-corrected chi connectivity index (χ1v) is 10.3. The number of amides is 3. The molecule has 1 N–H and O–H groups in total. The van der Waals surface area contributed by atoms with Crippen LogP contribution in [0.4, 0.5) is 5.69 Å². The number of carbonyl (C=O) groups is 3. The highest BCUT2D eigenvalue weighted by molar-refractivity contribution is 6.26. The molecular formula is C25H25N3O3. The molecule has 6 heteroatoms. The van der Waals surface area contributed by atoms with Gasteiger partial charge in [-0.05, 0) is 36.9 Å². The standard InChI is InChI=1S/C25H25N3O3/c1-16-7-4-8-18(13-16)14-27(17(2)24(30)26-3)22(29)15-28-21-12-6-10-19-9-5-11-20(23(19)21)25(28)31/h4-13,17H,14-15H2,1-3H3,(H,26,30)/t17-/m1/s1. The topological polar surface area (TPSA) is 69.7 Å². The summed E-state index contributed by atoms with van der Waals surface area (Å²) in [5.74, 6) is -0.724. The van der Waals surface area contributed by atoms with E-state index in [0.717, 1.165) is 27.6 Å². The molecule has 0 saturated heterocycles. The Morgan fingerprint density at radius 3 is 2.48 bits per heavy atom. The number of hydrogen-bond donors (Lipinski definition) is 1. The fourth-order valence-corrected chi connectivity index (χ4v) is 4.16. The molecule has 3 aromatic carbocycles. The summed E-state index contributed by atoms with van der Waals surface area (Å²) in [7, 11) is 1.55. The number of anilines is 1. The highest BCUT2D eigenvalue weighted by atomic mass is 16.2. The molecule has 0 saturated carbocycles. The normalized spacial score (nSPS) is 13.4. The molecule has 158 valence electrons. The van der Waals surface area contributed by atoms with Gasteiger partial charge in [0.15, 0.2) is 0 Å². The molecule has 0 unspecified atom stereocenters. The summed E-state index contributed by atoms with van der Waals surface area (Å²) in [5, 5.41) is 4.45. The van der Waals surface area contributed by atoms with Crippen molar-refractivity contribution in [2.45, 2.75) is 26.4 Å². The summed E-state index contributed by atoms with van der Waals surface area (Å²) in [6.45, 7) is 3.85. The predicted octanol–water partition coefficient (Wildman–Crippen LogP) is 3.27. The maximum atomic E-state index is 13.4. The van der Waals surface area contributed by atoms with Crippen LogP contribution < -0.4 is 10.2 Å². The lowest BCUT2D eigenvalue weighted by Gasteiger charge is -2.30. The largest absolute Gasteiger partial charge is 0.357 e. The summed E-state index contributed by atoms with van der Waals surface area (Å²) in [6.07, 6.45) is 0. The van der Waals surface area contributed by atoms with E-state index in [2.05, 4.69) is 5.32 Å². The molecule has 1 aliphatic heterocycles. The van der Waals surface area contributed by atoms with Gasteiger partial charge in [0, 0.05) is 24.5 Å². The lowest BCUT2D eigenvalue weighted by atomic mass is 10.1. The summed E-state index contributed by atoms with van der Waals surface area (Å²) >= 11 is 0. The molecule has 0 aromatic heterocycles. The van der Waals surface area contributed by atoms with Crippen molar-refractivity contribution in [3.63, 3.8) is 0 Å². The molecule has 0 spiro atoms. The molecule has 1 atom stereocenters. The SMILES string of the molecule is CNC(=O)[C@@H](C)N(Cc1cccc(C)c1)C(=O)CN1C(=O)c2cccc3cccc1c23. The summed E-state index contributed by atoms with van der Waals surface area (Å²) in [6, 6.07) is 18.5. The second-order valence-electron chi connectivity index (χ2n) is 7.87. The van der Waals surface area contributed by atoms with E-state index in [1.165, 1.54) is 9.80 Å². The number of rotatable bonds is 6. The van der Waals surface area contributed by atoms with Gasteiger partial charge in [0.2, 0.25) is 11.8 Å². The van der Waals surface area contributed by atoms with E-state index in [1.807, 2.05) is 61.5 Å². The van der Waals surface area contributed by atoms with Gasteiger partial charge < -0.3 is 10.2 Å². The maximum absolute atomic E-state index is 13.4. The van der Waals surface area contributed by atoms with E-state index >= 15 is 0 Å². The van der Waals surface area contributed by atoms with Gasteiger partial charge in [0.1, 0.15) is 12.6 Å². The third-order valence-corrected chi connectivity index (χ3v) is 5.79. The second kappa shape index (κ2) is 8.22. The van der Waals surface area contributed by atoms with Gasteiger partial charge in [-0.15, -0.1) is 0 Å². The lowest BCUT2D eigenvalue weighted by Crippen LogP contribution is -2.50. The first-order valence-electron chi connectivity index (χ1n) is 10.3. The third kappa shape index (κ3) is 3.77. The van der Waals surface area contributed by atoms with Crippen LogP contribution in [0.3, 0.4) is 0 Å². The Morgan fingerprint density at radius 2 is 1.77 bits per heavy atom. The number of nitrogens with zero attached hydrogens (tertiary/aromatic N) is 2. The van der Waals surface area contributed by atoms with Crippen molar-refractivity contribution < 1.29 is 14.4 Å². The van der Waals surface area contributed by atoms with Crippen molar-refractivity contribution in [1.29, 1.82) is 0 Å². The van der Waals surface area contributed by atoms with Crippen molar-refractivity contribution in [3.8, 4) is 0 Å². The molecule has 31 heavy (non-hydrogen) atoms. The van der Waals surface area contributed by atoms with Gasteiger partial charge in [-0.2, -0.15) is 0 Å². The number of carbonyl (C=O) groups excluding carboxylic acids is 3. The van der Waals surface area contributed by atoms with Gasteiger partial charge in [0.25, 0.3) is 5.91 Å². The van der Waals surface area contributed by atoms with E-state index < -0.39 is 6.04 Å². The van der Waals surface area contributed by atoms with Gasteiger partial charge in [0.05, 0.1) is 5.69 Å². The fraction of sp³-hybridized carbons (Fsp3) is 0.240. The van der Waals surface area contributed by atoms with Crippen LogP contribution >= 0.6 is 0 Å². The average molecular weight is 415 g/mol. The van der Waals surface area contributed by atoms with Crippen LogP contribution in [0.1, 0.15) is 28.4 Å². The van der Waals surface area contributed by atoms with Crippen LogP contribution in [-0.4, -0.2) is 42.3 Å². The second-order valence-corrected chi connectivity index (χ2v) is 7.87. The van der Waals surface area contributed by atoms with Crippen LogP contribution in [-0.2, 0) is 16.1 Å². The number of aryl methyl sites for hydroxylation is 1. The molecule has 0 bridgehead atoms. The molecule has 3 amide bonds.